The standard InChI is InChI=1S/C14H26N2O2/c1-15(12-13-8-4-7-11-18-13)14(17)16-9-5-2-3-6-10-16/h13H,2-12H2,1H3. The van der Waals surface area contributed by atoms with Gasteiger partial charge in [0.25, 0.3) is 0 Å². The van der Waals surface area contributed by atoms with Gasteiger partial charge in [-0.25, -0.2) is 4.79 Å². The predicted molar refractivity (Wildman–Crippen MR) is 71.7 cm³/mol. The quantitative estimate of drug-likeness (QED) is 0.758. The summed E-state index contributed by atoms with van der Waals surface area (Å²) in [4.78, 5) is 16.2. The number of ether oxygens (including phenoxy) is 1. The first-order valence-electron chi connectivity index (χ1n) is 7.39. The molecule has 0 aromatic rings. The van der Waals surface area contributed by atoms with Crippen LogP contribution in [0.15, 0.2) is 0 Å². The SMILES string of the molecule is CN(CC1CCCCO1)C(=O)N1CCCCCC1. The van der Waals surface area contributed by atoms with Crippen molar-refractivity contribution in [1.82, 2.24) is 9.80 Å². The molecule has 2 aliphatic heterocycles. The maximum absolute atomic E-state index is 12.3. The lowest BCUT2D eigenvalue weighted by Crippen LogP contribution is -2.45. The molecule has 0 bridgehead atoms. The van der Waals surface area contributed by atoms with E-state index < -0.39 is 0 Å². The molecule has 0 radical (unpaired) electrons. The van der Waals surface area contributed by atoms with E-state index in [0.717, 1.165) is 45.5 Å². The number of hydrogen-bond donors (Lipinski definition) is 0. The average molecular weight is 254 g/mol. The van der Waals surface area contributed by atoms with Gasteiger partial charge in [0.1, 0.15) is 0 Å². The molecular formula is C14H26N2O2. The molecule has 0 spiro atoms. The number of likely N-dealkylation sites (N-methyl/N-ethyl adjacent to an activating group) is 1. The number of carbonyl (C=O) groups excluding carboxylic acids is 1. The van der Waals surface area contributed by atoms with Gasteiger partial charge in [-0.05, 0) is 32.1 Å². The van der Waals surface area contributed by atoms with E-state index in [-0.39, 0.29) is 12.1 Å². The highest BCUT2D eigenvalue weighted by molar-refractivity contribution is 5.74. The zero-order chi connectivity index (χ0) is 12.8. The Kier molecular flexibility index (Phi) is 5.29. The van der Waals surface area contributed by atoms with Gasteiger partial charge < -0.3 is 14.5 Å². The first kappa shape index (κ1) is 13.7. The van der Waals surface area contributed by atoms with E-state index in [1.807, 2.05) is 16.8 Å². The van der Waals surface area contributed by atoms with Crippen LogP contribution in [0.2, 0.25) is 0 Å². The third kappa shape index (κ3) is 3.87. The van der Waals surface area contributed by atoms with Crippen LogP contribution in [-0.4, -0.2) is 55.2 Å². The minimum atomic E-state index is 0.186. The van der Waals surface area contributed by atoms with Gasteiger partial charge in [0.15, 0.2) is 0 Å². The van der Waals surface area contributed by atoms with E-state index >= 15 is 0 Å². The van der Waals surface area contributed by atoms with Crippen LogP contribution in [0.1, 0.15) is 44.9 Å². The summed E-state index contributed by atoms with van der Waals surface area (Å²) in [6, 6.07) is 0.186. The van der Waals surface area contributed by atoms with Crippen molar-refractivity contribution in [2.24, 2.45) is 0 Å². The molecule has 18 heavy (non-hydrogen) atoms. The van der Waals surface area contributed by atoms with Gasteiger partial charge in [-0.15, -0.1) is 0 Å². The molecule has 2 fully saturated rings. The highest BCUT2D eigenvalue weighted by atomic mass is 16.5. The van der Waals surface area contributed by atoms with E-state index in [2.05, 4.69) is 0 Å². The van der Waals surface area contributed by atoms with Crippen molar-refractivity contribution in [2.45, 2.75) is 51.0 Å². The van der Waals surface area contributed by atoms with Gasteiger partial charge >= 0.3 is 6.03 Å². The van der Waals surface area contributed by atoms with E-state index in [1.54, 1.807) is 0 Å². The topological polar surface area (TPSA) is 32.8 Å². The Bertz CT molecular complexity index is 257. The molecular weight excluding hydrogens is 228 g/mol. The summed E-state index contributed by atoms with van der Waals surface area (Å²) in [5.41, 5.74) is 0. The summed E-state index contributed by atoms with van der Waals surface area (Å²) in [6.45, 7) is 3.45. The normalized spacial score (nSPS) is 25.6. The summed E-state index contributed by atoms with van der Waals surface area (Å²) in [7, 11) is 1.91. The molecule has 0 N–H and O–H groups in total. The summed E-state index contributed by atoms with van der Waals surface area (Å²) >= 11 is 0. The van der Waals surface area contributed by atoms with Crippen LogP contribution in [0.5, 0.6) is 0 Å². The lowest BCUT2D eigenvalue weighted by atomic mass is 10.1. The van der Waals surface area contributed by atoms with Crippen molar-refractivity contribution in [1.29, 1.82) is 0 Å². The summed E-state index contributed by atoms with van der Waals surface area (Å²) in [5, 5.41) is 0. The number of carbonyl (C=O) groups is 1. The van der Waals surface area contributed by atoms with Crippen molar-refractivity contribution in [3.05, 3.63) is 0 Å². The molecule has 1 atom stereocenters. The molecule has 4 heteroatoms. The van der Waals surface area contributed by atoms with E-state index in [4.69, 9.17) is 4.74 Å². The Hall–Kier alpha value is -0.770. The maximum Gasteiger partial charge on any atom is 0.319 e. The van der Waals surface area contributed by atoms with Gasteiger partial charge in [-0.1, -0.05) is 12.8 Å². The lowest BCUT2D eigenvalue weighted by molar-refractivity contribution is 0.00169. The summed E-state index contributed by atoms with van der Waals surface area (Å²) in [5.74, 6) is 0. The zero-order valence-corrected chi connectivity index (χ0v) is 11.6. The van der Waals surface area contributed by atoms with Gasteiger partial charge in [-0.3, -0.25) is 0 Å². The predicted octanol–water partition coefficient (Wildman–Crippen LogP) is 2.48. The largest absolute Gasteiger partial charge is 0.376 e. The number of likely N-dealkylation sites (tertiary alicyclic amines) is 1. The fourth-order valence-electron chi connectivity index (χ4n) is 2.84. The number of nitrogens with zero attached hydrogens (tertiary/aromatic N) is 2. The second-order valence-corrected chi connectivity index (χ2v) is 5.55. The third-order valence-corrected chi connectivity index (χ3v) is 3.95. The Balaban J connectivity index is 1.79. The molecule has 1 unspecified atom stereocenters. The molecule has 0 aliphatic carbocycles. The minimum Gasteiger partial charge on any atom is -0.376 e. The van der Waals surface area contributed by atoms with Crippen molar-refractivity contribution < 1.29 is 9.53 Å². The second-order valence-electron chi connectivity index (χ2n) is 5.55. The van der Waals surface area contributed by atoms with Crippen LogP contribution in [0.4, 0.5) is 4.79 Å². The fourth-order valence-corrected chi connectivity index (χ4v) is 2.84. The second kappa shape index (κ2) is 6.98. The number of amides is 2. The molecule has 104 valence electrons. The van der Waals surface area contributed by atoms with Gasteiger partial charge in [0.2, 0.25) is 0 Å². The van der Waals surface area contributed by atoms with Gasteiger partial charge in [-0.2, -0.15) is 0 Å². The highest BCUT2D eigenvalue weighted by Gasteiger charge is 2.23. The van der Waals surface area contributed by atoms with Gasteiger partial charge in [0.05, 0.1) is 6.10 Å². The molecule has 2 saturated heterocycles. The van der Waals surface area contributed by atoms with Crippen molar-refractivity contribution >= 4 is 6.03 Å². The number of rotatable bonds is 2. The van der Waals surface area contributed by atoms with Crippen LogP contribution in [0.25, 0.3) is 0 Å². The van der Waals surface area contributed by atoms with Crippen LogP contribution < -0.4 is 0 Å². The highest BCUT2D eigenvalue weighted by Crippen LogP contribution is 2.15. The summed E-state index contributed by atoms with van der Waals surface area (Å²) < 4.78 is 5.70. The van der Waals surface area contributed by atoms with E-state index in [0.29, 0.717) is 0 Å². The molecule has 2 aliphatic rings. The fraction of sp³-hybridized carbons (Fsp3) is 0.929. The van der Waals surface area contributed by atoms with Crippen LogP contribution in [-0.2, 0) is 4.74 Å². The van der Waals surface area contributed by atoms with E-state index in [1.165, 1.54) is 25.7 Å². The number of urea groups is 1. The van der Waals surface area contributed by atoms with Crippen molar-refractivity contribution in [3.63, 3.8) is 0 Å². The smallest absolute Gasteiger partial charge is 0.319 e. The molecule has 2 heterocycles. The Labute approximate surface area is 110 Å². The molecule has 0 saturated carbocycles. The maximum atomic E-state index is 12.3. The molecule has 4 nitrogen and oxygen atoms in total. The monoisotopic (exact) mass is 254 g/mol. The summed E-state index contributed by atoms with van der Waals surface area (Å²) in [6.07, 6.45) is 8.57. The molecule has 2 amide bonds. The van der Waals surface area contributed by atoms with E-state index in [9.17, 15) is 4.79 Å². The average Bonchev–Trinajstić information content (AvgIpc) is 2.68. The van der Waals surface area contributed by atoms with Crippen molar-refractivity contribution in [2.75, 3.05) is 33.3 Å². The third-order valence-electron chi connectivity index (χ3n) is 3.95. The Morgan fingerprint density at radius 2 is 1.89 bits per heavy atom. The van der Waals surface area contributed by atoms with Crippen LogP contribution in [0, 0.1) is 0 Å². The Morgan fingerprint density at radius 3 is 2.50 bits per heavy atom. The Morgan fingerprint density at radius 1 is 1.17 bits per heavy atom. The minimum absolute atomic E-state index is 0.186. The zero-order valence-electron chi connectivity index (χ0n) is 11.6. The number of hydrogen-bond acceptors (Lipinski definition) is 2. The molecule has 0 aromatic carbocycles. The first-order chi connectivity index (χ1) is 8.77. The lowest BCUT2D eigenvalue weighted by Gasteiger charge is -2.31. The van der Waals surface area contributed by atoms with Crippen molar-refractivity contribution in [3.8, 4) is 0 Å². The molecule has 0 aromatic heterocycles. The first-order valence-corrected chi connectivity index (χ1v) is 7.39. The molecule has 2 rings (SSSR count). The van der Waals surface area contributed by atoms with Crippen LogP contribution in [0.3, 0.4) is 0 Å². The van der Waals surface area contributed by atoms with Gasteiger partial charge in [0, 0.05) is 33.3 Å². The van der Waals surface area contributed by atoms with Crippen LogP contribution >= 0.6 is 0 Å².